The number of nitrogens with zero attached hydrogens (tertiary/aromatic N) is 1. The second-order valence-corrected chi connectivity index (χ2v) is 12.4. The molecule has 0 atom stereocenters. The summed E-state index contributed by atoms with van der Waals surface area (Å²) in [6.07, 6.45) is 3.86. The maximum Gasteiger partial charge on any atom is 0.319 e. The number of carbonyl (C=O) groups excluding carboxylic acids is 1. The van der Waals surface area contributed by atoms with Crippen LogP contribution in [0.1, 0.15) is 88.8 Å². The molecular weight excluding hydrogens is 536 g/mol. The lowest BCUT2D eigenvalue weighted by molar-refractivity contribution is 0.244. The Kier molecular flexibility index (Phi) is 10.8. The van der Waals surface area contributed by atoms with E-state index >= 15 is 0 Å². The Balaban J connectivity index is 1.58. The average Bonchev–Trinajstić information content (AvgIpc) is 3.01. The first-order valence-corrected chi connectivity index (χ1v) is 15.8. The van der Waals surface area contributed by atoms with Crippen molar-refractivity contribution >= 4 is 23.1 Å². The molecule has 2 amide bonds. The molecule has 0 aliphatic carbocycles. The van der Waals surface area contributed by atoms with Crippen LogP contribution in [0.25, 0.3) is 0 Å². The average molecular weight is 587 g/mol. The SMILES string of the molecule is CCCCOc1cccc(C2(CNC(=O)Nc3c(C(C)C)cc(N)cc3C(C)C)CCN(c3ccccc3OC)CC2)c1. The van der Waals surface area contributed by atoms with E-state index in [1.807, 2.05) is 30.3 Å². The second kappa shape index (κ2) is 14.5. The number of methoxy groups -OCH3 is 1. The van der Waals surface area contributed by atoms with Crippen molar-refractivity contribution in [1.82, 2.24) is 5.32 Å². The number of piperidine rings is 1. The van der Waals surface area contributed by atoms with Crippen molar-refractivity contribution in [1.29, 1.82) is 0 Å². The van der Waals surface area contributed by atoms with Gasteiger partial charge in [0.1, 0.15) is 11.5 Å². The molecule has 1 aliphatic heterocycles. The molecule has 0 saturated carbocycles. The monoisotopic (exact) mass is 586 g/mol. The second-order valence-electron chi connectivity index (χ2n) is 12.4. The van der Waals surface area contributed by atoms with Gasteiger partial charge in [-0.3, -0.25) is 0 Å². The normalized spacial score (nSPS) is 14.6. The van der Waals surface area contributed by atoms with Crippen molar-refractivity contribution in [2.24, 2.45) is 0 Å². The van der Waals surface area contributed by atoms with Crippen molar-refractivity contribution < 1.29 is 14.3 Å². The number of para-hydroxylation sites is 2. The van der Waals surface area contributed by atoms with Crippen molar-refractivity contribution in [3.63, 3.8) is 0 Å². The van der Waals surface area contributed by atoms with E-state index in [4.69, 9.17) is 15.2 Å². The van der Waals surface area contributed by atoms with Gasteiger partial charge >= 0.3 is 6.03 Å². The smallest absolute Gasteiger partial charge is 0.319 e. The Labute approximate surface area is 258 Å². The summed E-state index contributed by atoms with van der Waals surface area (Å²) < 4.78 is 11.8. The summed E-state index contributed by atoms with van der Waals surface area (Å²) in [4.78, 5) is 16.0. The van der Waals surface area contributed by atoms with Crippen molar-refractivity contribution in [3.8, 4) is 11.5 Å². The van der Waals surface area contributed by atoms with E-state index in [1.54, 1.807) is 7.11 Å². The van der Waals surface area contributed by atoms with Gasteiger partial charge in [-0.1, -0.05) is 65.3 Å². The lowest BCUT2D eigenvalue weighted by Crippen LogP contribution is -2.49. The summed E-state index contributed by atoms with van der Waals surface area (Å²) in [6.45, 7) is 13.6. The van der Waals surface area contributed by atoms with Gasteiger partial charge in [0.05, 0.1) is 19.4 Å². The lowest BCUT2D eigenvalue weighted by atomic mass is 9.72. The Morgan fingerprint density at radius 1 is 0.977 bits per heavy atom. The van der Waals surface area contributed by atoms with E-state index in [0.29, 0.717) is 13.2 Å². The molecular formula is C36H50N4O3. The van der Waals surface area contributed by atoms with E-state index in [2.05, 4.69) is 80.5 Å². The number of hydrogen-bond donors (Lipinski definition) is 3. The minimum atomic E-state index is -0.247. The third-order valence-electron chi connectivity index (χ3n) is 8.65. The number of unbranched alkanes of at least 4 members (excludes halogenated alkanes) is 1. The van der Waals surface area contributed by atoms with Gasteiger partial charge in [0.2, 0.25) is 0 Å². The van der Waals surface area contributed by atoms with E-state index in [9.17, 15) is 4.79 Å². The van der Waals surface area contributed by atoms with Gasteiger partial charge in [-0.25, -0.2) is 4.79 Å². The van der Waals surface area contributed by atoms with Crippen molar-refractivity contribution in [2.45, 2.75) is 77.6 Å². The number of benzene rings is 3. The fourth-order valence-corrected chi connectivity index (χ4v) is 6.06. The minimum absolute atomic E-state index is 0.199. The fraction of sp³-hybridized carbons (Fsp3) is 0.472. The third kappa shape index (κ3) is 7.75. The molecule has 0 unspecified atom stereocenters. The van der Waals surface area contributed by atoms with Crippen molar-refractivity contribution in [3.05, 3.63) is 77.4 Å². The molecule has 1 heterocycles. The molecule has 1 fully saturated rings. The molecule has 1 aliphatic rings. The molecule has 43 heavy (non-hydrogen) atoms. The van der Waals surface area contributed by atoms with E-state index in [1.165, 1.54) is 5.56 Å². The number of anilines is 3. The molecule has 232 valence electrons. The van der Waals surface area contributed by atoms with Crippen LogP contribution in [0.15, 0.2) is 60.7 Å². The summed E-state index contributed by atoms with van der Waals surface area (Å²) in [5.74, 6) is 2.20. The Morgan fingerprint density at radius 3 is 2.28 bits per heavy atom. The highest BCUT2D eigenvalue weighted by Gasteiger charge is 2.37. The first-order chi connectivity index (χ1) is 20.7. The van der Waals surface area contributed by atoms with Crippen LogP contribution >= 0.6 is 0 Å². The van der Waals surface area contributed by atoms with Gasteiger partial charge in [-0.15, -0.1) is 0 Å². The Hall–Kier alpha value is -3.87. The van der Waals surface area contributed by atoms with Crippen LogP contribution in [0.2, 0.25) is 0 Å². The summed E-state index contributed by atoms with van der Waals surface area (Å²) in [6, 6.07) is 20.4. The standard InChI is InChI=1S/C36H50N4O3/c1-7-8-20-43-29-13-11-12-27(21-29)36(16-18-40(19-17-36)32-14-9-10-15-33(32)42-6)24-38-35(41)39-34-30(25(2)3)22-28(37)23-31(34)26(4)5/h9-15,21-23,25-26H,7-8,16-20,24,37H2,1-6H3,(H2,38,39,41). The molecule has 4 rings (SSSR count). The van der Waals surface area contributed by atoms with Crippen LogP contribution in [-0.2, 0) is 5.41 Å². The largest absolute Gasteiger partial charge is 0.495 e. The molecule has 3 aromatic rings. The van der Waals surface area contributed by atoms with E-state index < -0.39 is 0 Å². The molecule has 0 radical (unpaired) electrons. The number of nitrogen functional groups attached to an aromatic ring is 1. The van der Waals surface area contributed by atoms with Gasteiger partial charge in [0.15, 0.2) is 0 Å². The Bertz CT molecular complexity index is 1330. The molecule has 0 spiro atoms. The number of nitrogens with one attached hydrogen (secondary N) is 2. The summed E-state index contributed by atoms with van der Waals surface area (Å²) in [5, 5.41) is 6.49. The van der Waals surface area contributed by atoms with Crippen molar-refractivity contribution in [2.75, 3.05) is 49.3 Å². The first kappa shape index (κ1) is 32.1. The van der Waals surface area contributed by atoms with Crippen LogP contribution in [0, 0.1) is 0 Å². The first-order valence-electron chi connectivity index (χ1n) is 15.8. The van der Waals surface area contributed by atoms with Gasteiger partial charge < -0.3 is 30.7 Å². The number of rotatable bonds is 12. The molecule has 4 N–H and O–H groups in total. The number of amides is 2. The van der Waals surface area contributed by atoms with Gasteiger partial charge in [0, 0.05) is 36.4 Å². The highest BCUT2D eigenvalue weighted by molar-refractivity contribution is 5.92. The predicted octanol–water partition coefficient (Wildman–Crippen LogP) is 8.06. The minimum Gasteiger partial charge on any atom is -0.495 e. The highest BCUT2D eigenvalue weighted by atomic mass is 16.5. The van der Waals surface area contributed by atoms with Crippen LogP contribution in [-0.4, -0.2) is 39.4 Å². The molecule has 1 saturated heterocycles. The van der Waals surface area contributed by atoms with Crippen LogP contribution in [0.5, 0.6) is 11.5 Å². The van der Waals surface area contributed by atoms with Gasteiger partial charge in [-0.2, -0.15) is 0 Å². The van der Waals surface area contributed by atoms with E-state index in [-0.39, 0.29) is 23.3 Å². The predicted molar refractivity (Wildman–Crippen MR) is 179 cm³/mol. The zero-order chi connectivity index (χ0) is 31.0. The molecule has 7 heteroatoms. The van der Waals surface area contributed by atoms with Crippen LogP contribution in [0.3, 0.4) is 0 Å². The van der Waals surface area contributed by atoms with Crippen LogP contribution < -0.4 is 30.7 Å². The maximum absolute atomic E-state index is 13.6. The zero-order valence-corrected chi connectivity index (χ0v) is 26.8. The fourth-order valence-electron chi connectivity index (χ4n) is 6.06. The number of urea groups is 1. The molecule has 7 nitrogen and oxygen atoms in total. The topological polar surface area (TPSA) is 88.8 Å². The quantitative estimate of drug-likeness (QED) is 0.148. The van der Waals surface area contributed by atoms with Gasteiger partial charge in [-0.05, 0) is 84.2 Å². The molecule has 0 bridgehead atoms. The third-order valence-corrected chi connectivity index (χ3v) is 8.65. The molecule has 3 aromatic carbocycles. The van der Waals surface area contributed by atoms with Crippen LogP contribution in [0.4, 0.5) is 21.9 Å². The lowest BCUT2D eigenvalue weighted by Gasteiger charge is -2.43. The summed E-state index contributed by atoms with van der Waals surface area (Å²) in [7, 11) is 1.72. The van der Waals surface area contributed by atoms with E-state index in [0.717, 1.165) is 78.5 Å². The number of hydrogen-bond acceptors (Lipinski definition) is 5. The summed E-state index contributed by atoms with van der Waals surface area (Å²) in [5.41, 5.74) is 12.0. The summed E-state index contributed by atoms with van der Waals surface area (Å²) >= 11 is 0. The number of ether oxygens (including phenoxy) is 2. The number of nitrogens with two attached hydrogens (primary N) is 1. The number of carbonyl (C=O) groups is 1. The van der Waals surface area contributed by atoms with Gasteiger partial charge in [0.25, 0.3) is 0 Å². The molecule has 0 aromatic heterocycles. The maximum atomic E-state index is 13.6. The Morgan fingerprint density at radius 2 is 1.65 bits per heavy atom. The highest BCUT2D eigenvalue weighted by Crippen LogP contribution is 2.40. The zero-order valence-electron chi connectivity index (χ0n) is 26.8.